The molecule has 19 heavy (non-hydrogen) atoms. The highest BCUT2D eigenvalue weighted by Crippen LogP contribution is 2.40. The van der Waals surface area contributed by atoms with Gasteiger partial charge in [0.2, 0.25) is 5.91 Å². The van der Waals surface area contributed by atoms with E-state index in [1.165, 1.54) is 0 Å². The van der Waals surface area contributed by atoms with Crippen LogP contribution in [0.25, 0.3) is 0 Å². The number of benzene rings is 1. The number of nitrogens with one attached hydrogen (secondary N) is 1. The third-order valence-corrected chi connectivity index (χ3v) is 4.06. The summed E-state index contributed by atoms with van der Waals surface area (Å²) in [6.45, 7) is 2.07. The molecular weight excluding hydrogens is 242 g/mol. The second kappa shape index (κ2) is 5.43. The van der Waals surface area contributed by atoms with Gasteiger partial charge >= 0.3 is 5.97 Å². The van der Waals surface area contributed by atoms with Gasteiger partial charge in [-0.2, -0.15) is 0 Å². The molecule has 1 saturated carbocycles. The van der Waals surface area contributed by atoms with Crippen LogP contribution in [0, 0.1) is 5.41 Å². The SMILES string of the molecule is CC(C(=O)NCC1(C(=O)O)CCC1)c1ccccc1. The maximum Gasteiger partial charge on any atom is 0.311 e. The molecule has 4 nitrogen and oxygen atoms in total. The zero-order valence-electron chi connectivity index (χ0n) is 11.1. The average molecular weight is 261 g/mol. The molecule has 2 rings (SSSR count). The Morgan fingerprint density at radius 1 is 1.32 bits per heavy atom. The first kappa shape index (κ1) is 13.6. The zero-order valence-corrected chi connectivity index (χ0v) is 11.1. The number of rotatable bonds is 5. The van der Waals surface area contributed by atoms with Crippen molar-refractivity contribution < 1.29 is 14.7 Å². The van der Waals surface area contributed by atoms with Crippen LogP contribution >= 0.6 is 0 Å². The fourth-order valence-corrected chi connectivity index (χ4v) is 2.37. The van der Waals surface area contributed by atoms with Crippen molar-refractivity contribution in [3.05, 3.63) is 35.9 Å². The van der Waals surface area contributed by atoms with E-state index in [2.05, 4.69) is 5.32 Å². The molecule has 0 spiro atoms. The molecule has 1 aliphatic carbocycles. The average Bonchev–Trinajstić information content (AvgIpc) is 2.37. The normalized spacial score (nSPS) is 18.2. The Morgan fingerprint density at radius 2 is 1.95 bits per heavy atom. The summed E-state index contributed by atoms with van der Waals surface area (Å²) in [7, 11) is 0. The smallest absolute Gasteiger partial charge is 0.311 e. The van der Waals surface area contributed by atoms with Gasteiger partial charge in [0.25, 0.3) is 0 Å². The Morgan fingerprint density at radius 3 is 2.42 bits per heavy atom. The maximum atomic E-state index is 12.0. The van der Waals surface area contributed by atoms with E-state index >= 15 is 0 Å². The van der Waals surface area contributed by atoms with Crippen molar-refractivity contribution in [2.75, 3.05) is 6.54 Å². The van der Waals surface area contributed by atoms with E-state index in [0.717, 1.165) is 12.0 Å². The van der Waals surface area contributed by atoms with Crippen molar-refractivity contribution >= 4 is 11.9 Å². The molecule has 2 N–H and O–H groups in total. The molecule has 0 saturated heterocycles. The van der Waals surface area contributed by atoms with Gasteiger partial charge < -0.3 is 10.4 Å². The lowest BCUT2D eigenvalue weighted by Gasteiger charge is -2.37. The largest absolute Gasteiger partial charge is 0.481 e. The van der Waals surface area contributed by atoms with E-state index in [0.29, 0.717) is 12.8 Å². The van der Waals surface area contributed by atoms with Crippen LogP contribution in [0.4, 0.5) is 0 Å². The molecule has 0 bridgehead atoms. The molecule has 102 valence electrons. The standard InChI is InChI=1S/C15H19NO3/c1-11(12-6-3-2-4-7-12)13(17)16-10-15(14(18)19)8-5-9-15/h2-4,6-7,11H,5,8-10H2,1H3,(H,16,17)(H,18,19). The predicted molar refractivity (Wildman–Crippen MR) is 71.8 cm³/mol. The predicted octanol–water partition coefficient (Wildman–Crippen LogP) is 2.16. The molecule has 1 aromatic rings. The van der Waals surface area contributed by atoms with Gasteiger partial charge in [0.05, 0.1) is 11.3 Å². The van der Waals surface area contributed by atoms with Crippen LogP contribution < -0.4 is 5.32 Å². The van der Waals surface area contributed by atoms with Gasteiger partial charge in [-0.05, 0) is 25.3 Å². The van der Waals surface area contributed by atoms with Gasteiger partial charge in [0.15, 0.2) is 0 Å². The summed E-state index contributed by atoms with van der Waals surface area (Å²) >= 11 is 0. The van der Waals surface area contributed by atoms with Crippen molar-refractivity contribution in [1.82, 2.24) is 5.32 Å². The number of carbonyl (C=O) groups excluding carboxylic acids is 1. The molecule has 1 fully saturated rings. The molecule has 4 heteroatoms. The van der Waals surface area contributed by atoms with Crippen LogP contribution in [0.3, 0.4) is 0 Å². The van der Waals surface area contributed by atoms with Gasteiger partial charge in [-0.1, -0.05) is 36.8 Å². The number of carboxylic acids is 1. The summed E-state index contributed by atoms with van der Waals surface area (Å²) in [4.78, 5) is 23.3. The number of hydrogen-bond acceptors (Lipinski definition) is 2. The fourth-order valence-electron chi connectivity index (χ4n) is 2.37. The number of hydrogen-bond donors (Lipinski definition) is 2. The Balaban J connectivity index is 1.93. The lowest BCUT2D eigenvalue weighted by molar-refractivity contribution is -0.154. The number of carbonyl (C=O) groups is 2. The van der Waals surface area contributed by atoms with E-state index in [4.69, 9.17) is 0 Å². The van der Waals surface area contributed by atoms with Crippen LogP contribution in [0.1, 0.15) is 37.7 Å². The minimum absolute atomic E-state index is 0.112. The number of carboxylic acid groups (broad SMARTS) is 1. The van der Waals surface area contributed by atoms with Crippen LogP contribution in [0.15, 0.2) is 30.3 Å². The third kappa shape index (κ3) is 2.78. The van der Waals surface area contributed by atoms with E-state index in [1.54, 1.807) is 0 Å². The van der Waals surface area contributed by atoms with Crippen LogP contribution in [0.5, 0.6) is 0 Å². The van der Waals surface area contributed by atoms with Gasteiger partial charge in [-0.3, -0.25) is 9.59 Å². The van der Waals surface area contributed by atoms with Crippen molar-refractivity contribution in [3.8, 4) is 0 Å². The molecule has 0 heterocycles. The second-order valence-corrected chi connectivity index (χ2v) is 5.29. The minimum Gasteiger partial charge on any atom is -0.481 e. The minimum atomic E-state index is -0.800. The van der Waals surface area contributed by atoms with Crippen LogP contribution in [0.2, 0.25) is 0 Å². The van der Waals surface area contributed by atoms with Crippen molar-refractivity contribution in [2.24, 2.45) is 5.41 Å². The Hall–Kier alpha value is -1.84. The lowest BCUT2D eigenvalue weighted by Crippen LogP contribution is -2.48. The van der Waals surface area contributed by atoms with Crippen LogP contribution in [-0.4, -0.2) is 23.5 Å². The Kier molecular flexibility index (Phi) is 3.88. The maximum absolute atomic E-state index is 12.0. The molecule has 0 aliphatic heterocycles. The summed E-state index contributed by atoms with van der Waals surface area (Å²) in [5.41, 5.74) is 0.212. The summed E-state index contributed by atoms with van der Waals surface area (Å²) in [5.74, 6) is -1.17. The fraction of sp³-hybridized carbons (Fsp3) is 0.467. The van der Waals surface area contributed by atoms with E-state index < -0.39 is 11.4 Å². The highest BCUT2D eigenvalue weighted by Gasteiger charge is 2.44. The zero-order chi connectivity index (χ0) is 13.9. The summed E-state index contributed by atoms with van der Waals surface area (Å²) in [6.07, 6.45) is 2.24. The monoisotopic (exact) mass is 261 g/mol. The number of amides is 1. The van der Waals surface area contributed by atoms with Crippen molar-refractivity contribution in [2.45, 2.75) is 32.1 Å². The number of aliphatic carboxylic acids is 1. The van der Waals surface area contributed by atoms with Crippen molar-refractivity contribution in [3.63, 3.8) is 0 Å². The first-order valence-corrected chi connectivity index (χ1v) is 6.61. The molecule has 1 amide bonds. The van der Waals surface area contributed by atoms with Gasteiger partial charge in [0, 0.05) is 6.54 Å². The summed E-state index contributed by atoms with van der Waals surface area (Å²) < 4.78 is 0. The molecule has 0 aromatic heterocycles. The second-order valence-electron chi connectivity index (χ2n) is 5.29. The molecular formula is C15H19NO3. The van der Waals surface area contributed by atoms with Crippen LogP contribution in [-0.2, 0) is 9.59 Å². The highest BCUT2D eigenvalue weighted by molar-refractivity contribution is 5.84. The third-order valence-electron chi connectivity index (χ3n) is 4.06. The molecule has 1 aromatic carbocycles. The first-order chi connectivity index (χ1) is 9.05. The molecule has 1 aliphatic rings. The Bertz CT molecular complexity index is 466. The molecule has 1 unspecified atom stereocenters. The van der Waals surface area contributed by atoms with Gasteiger partial charge in [-0.15, -0.1) is 0 Å². The molecule has 1 atom stereocenters. The van der Waals surface area contributed by atoms with Crippen molar-refractivity contribution in [1.29, 1.82) is 0 Å². The molecule has 0 radical (unpaired) electrons. The summed E-state index contributed by atoms with van der Waals surface area (Å²) in [6, 6.07) is 9.50. The van der Waals surface area contributed by atoms with E-state index in [-0.39, 0.29) is 18.4 Å². The van der Waals surface area contributed by atoms with Gasteiger partial charge in [0.1, 0.15) is 0 Å². The Labute approximate surface area is 112 Å². The topological polar surface area (TPSA) is 66.4 Å². The van der Waals surface area contributed by atoms with Gasteiger partial charge in [-0.25, -0.2) is 0 Å². The van der Waals surface area contributed by atoms with E-state index in [1.807, 2.05) is 37.3 Å². The first-order valence-electron chi connectivity index (χ1n) is 6.61. The highest BCUT2D eigenvalue weighted by atomic mass is 16.4. The quantitative estimate of drug-likeness (QED) is 0.853. The van der Waals surface area contributed by atoms with E-state index in [9.17, 15) is 14.7 Å². The lowest BCUT2D eigenvalue weighted by atomic mass is 9.68. The summed E-state index contributed by atoms with van der Waals surface area (Å²) in [5, 5.41) is 12.0.